The average Bonchev–Trinajstić information content (AvgIpc) is 2.94. The summed E-state index contributed by atoms with van der Waals surface area (Å²) in [6, 6.07) is 13.9. The molecule has 14 heteroatoms. The Kier molecular flexibility index (Phi) is 13.1. The Bertz CT molecular complexity index is 1490. The lowest BCUT2D eigenvalue weighted by Gasteiger charge is -2.33. The van der Waals surface area contributed by atoms with Crippen LogP contribution in [0.25, 0.3) is 0 Å². The molecule has 0 heterocycles. The predicted molar refractivity (Wildman–Crippen MR) is 169 cm³/mol. The second-order valence-electron chi connectivity index (χ2n) is 10.9. The SMILES string of the molecule is CC[N+](C)(CCCNc1ccc([N+](=O)[O-])c(C)c1)CCCNc1ccc([N+](=O)[O-])c(C)c1.Cc1ccc(O)cc1S(=O)(=O)[O-]. The minimum Gasteiger partial charge on any atom is -0.744 e. The molecule has 3 N–H and O–H groups in total. The van der Waals surface area contributed by atoms with E-state index in [2.05, 4.69) is 24.6 Å². The first-order valence-corrected chi connectivity index (χ1v) is 15.5. The van der Waals surface area contributed by atoms with Crippen molar-refractivity contribution >= 4 is 32.9 Å². The quantitative estimate of drug-likeness (QED) is 0.0674. The van der Waals surface area contributed by atoms with Crippen LogP contribution in [0.1, 0.15) is 36.5 Å². The molecular weight excluding hydrogens is 590 g/mol. The van der Waals surface area contributed by atoms with Crippen LogP contribution in [0.3, 0.4) is 0 Å². The number of anilines is 2. The second kappa shape index (κ2) is 16.0. The van der Waals surface area contributed by atoms with E-state index in [1.807, 2.05) is 12.1 Å². The lowest BCUT2D eigenvalue weighted by molar-refractivity contribution is -0.907. The maximum absolute atomic E-state index is 10.9. The number of rotatable bonds is 14. The van der Waals surface area contributed by atoms with Crippen molar-refractivity contribution in [1.29, 1.82) is 0 Å². The molecule has 0 spiro atoms. The molecule has 0 radical (unpaired) electrons. The highest BCUT2D eigenvalue weighted by atomic mass is 32.2. The van der Waals surface area contributed by atoms with E-state index in [1.54, 1.807) is 38.1 Å². The van der Waals surface area contributed by atoms with Crippen LogP contribution >= 0.6 is 0 Å². The molecule has 0 amide bonds. The highest BCUT2D eigenvalue weighted by Gasteiger charge is 2.18. The number of hydrogen-bond donors (Lipinski definition) is 3. The van der Waals surface area contributed by atoms with E-state index in [-0.39, 0.29) is 31.9 Å². The van der Waals surface area contributed by atoms with Crippen LogP contribution in [-0.4, -0.2) is 72.2 Å². The van der Waals surface area contributed by atoms with Crippen LogP contribution in [0.15, 0.2) is 59.5 Å². The van der Waals surface area contributed by atoms with Gasteiger partial charge in [0, 0.05) is 60.6 Å². The summed E-state index contributed by atoms with van der Waals surface area (Å²) >= 11 is 0. The maximum atomic E-state index is 10.9. The average molecular weight is 632 g/mol. The van der Waals surface area contributed by atoms with Gasteiger partial charge in [-0.1, -0.05) is 6.07 Å². The van der Waals surface area contributed by atoms with Crippen LogP contribution in [0.4, 0.5) is 22.7 Å². The standard InChI is InChI=1S/C23H34N5O4.C7H8O4S/c1-5-28(4,14-6-12-24-20-8-10-22(26(29)30)18(2)16-20)15-7-13-25-21-9-11-23(27(31)32)19(3)17-21;1-5-2-3-6(8)4-7(5)12(9,10)11/h8-11,16-17,24-25H,5-7,12-15H2,1-4H3;2-4,8H,1H3,(H,9,10,11)/q+1;/p-1. The summed E-state index contributed by atoms with van der Waals surface area (Å²) in [6.07, 6.45) is 1.99. The molecule has 0 bridgehead atoms. The van der Waals surface area contributed by atoms with Gasteiger partial charge in [-0.25, -0.2) is 8.42 Å². The number of hydrogen-bond acceptors (Lipinski definition) is 10. The van der Waals surface area contributed by atoms with Gasteiger partial charge in [0.1, 0.15) is 15.9 Å². The fourth-order valence-electron chi connectivity index (χ4n) is 4.61. The lowest BCUT2D eigenvalue weighted by atomic mass is 10.1. The van der Waals surface area contributed by atoms with E-state index < -0.39 is 10.1 Å². The molecule has 0 aliphatic rings. The van der Waals surface area contributed by atoms with Crippen LogP contribution in [0.2, 0.25) is 0 Å². The van der Waals surface area contributed by atoms with Crippen molar-refractivity contribution in [2.75, 3.05) is 50.4 Å². The number of nitrogens with one attached hydrogen (secondary N) is 2. The number of nitrogens with zero attached hydrogens (tertiary/aromatic N) is 3. The van der Waals surface area contributed by atoms with Crippen LogP contribution in [0, 0.1) is 41.0 Å². The van der Waals surface area contributed by atoms with Crippen molar-refractivity contribution in [2.45, 2.75) is 45.4 Å². The highest BCUT2D eigenvalue weighted by Crippen LogP contribution is 2.23. The van der Waals surface area contributed by atoms with Gasteiger partial charge < -0.3 is 24.8 Å². The second-order valence-corrected chi connectivity index (χ2v) is 12.2. The van der Waals surface area contributed by atoms with Gasteiger partial charge in [-0.2, -0.15) is 0 Å². The van der Waals surface area contributed by atoms with Crippen molar-refractivity contribution in [3.63, 3.8) is 0 Å². The Balaban J connectivity index is 0.000000469. The minimum absolute atomic E-state index is 0.142. The molecular formula is C30H41N5O8S. The Morgan fingerprint density at radius 3 is 1.57 bits per heavy atom. The zero-order valence-electron chi connectivity index (χ0n) is 25.7. The van der Waals surface area contributed by atoms with Crippen molar-refractivity contribution < 1.29 is 32.4 Å². The van der Waals surface area contributed by atoms with Crippen molar-refractivity contribution in [3.05, 3.63) is 91.5 Å². The molecule has 0 saturated heterocycles. The minimum atomic E-state index is -4.47. The fraction of sp³-hybridized carbons (Fsp3) is 0.400. The predicted octanol–water partition coefficient (Wildman–Crippen LogP) is 5.50. The molecule has 44 heavy (non-hydrogen) atoms. The molecule has 0 saturated carbocycles. The van der Waals surface area contributed by atoms with E-state index >= 15 is 0 Å². The Hall–Kier alpha value is -4.27. The normalized spacial score (nSPS) is 11.3. The van der Waals surface area contributed by atoms with E-state index in [9.17, 15) is 33.2 Å². The number of nitro groups is 2. The van der Waals surface area contributed by atoms with Gasteiger partial charge in [0.05, 0.1) is 41.4 Å². The van der Waals surface area contributed by atoms with Crippen LogP contribution < -0.4 is 10.6 Å². The molecule has 3 aromatic rings. The van der Waals surface area contributed by atoms with Gasteiger partial charge >= 0.3 is 0 Å². The first-order chi connectivity index (χ1) is 20.6. The largest absolute Gasteiger partial charge is 0.744 e. The third kappa shape index (κ3) is 11.1. The number of phenols is 1. The summed E-state index contributed by atoms with van der Waals surface area (Å²) in [5, 5.41) is 37.5. The summed E-state index contributed by atoms with van der Waals surface area (Å²) in [5.74, 6) is -0.227. The topological polar surface area (TPSA) is 188 Å². The van der Waals surface area contributed by atoms with Crippen molar-refractivity contribution in [3.8, 4) is 5.75 Å². The van der Waals surface area contributed by atoms with E-state index in [4.69, 9.17) is 5.11 Å². The van der Waals surface area contributed by atoms with Crippen molar-refractivity contribution in [1.82, 2.24) is 0 Å². The van der Waals surface area contributed by atoms with Gasteiger partial charge in [0.25, 0.3) is 11.4 Å². The molecule has 13 nitrogen and oxygen atoms in total. The number of benzene rings is 3. The summed E-state index contributed by atoms with van der Waals surface area (Å²) < 4.78 is 32.6. The van der Waals surface area contributed by atoms with Gasteiger partial charge in [-0.05, 0) is 69.7 Å². The zero-order chi connectivity index (χ0) is 33.1. The molecule has 3 aromatic carbocycles. The Morgan fingerprint density at radius 1 is 0.773 bits per heavy atom. The van der Waals surface area contributed by atoms with Crippen molar-refractivity contribution in [2.24, 2.45) is 0 Å². The Labute approximate surface area is 258 Å². The zero-order valence-corrected chi connectivity index (χ0v) is 26.5. The molecule has 0 unspecified atom stereocenters. The fourth-order valence-corrected chi connectivity index (χ4v) is 5.34. The first-order valence-electron chi connectivity index (χ1n) is 14.1. The van der Waals surface area contributed by atoms with Gasteiger partial charge in [-0.3, -0.25) is 20.2 Å². The molecule has 0 atom stereocenters. The molecule has 240 valence electrons. The molecule has 0 aliphatic heterocycles. The summed E-state index contributed by atoms with van der Waals surface area (Å²) in [7, 11) is -2.21. The Morgan fingerprint density at radius 2 is 1.23 bits per heavy atom. The van der Waals surface area contributed by atoms with E-state index in [0.717, 1.165) is 67.5 Å². The molecule has 0 fully saturated rings. The van der Waals surface area contributed by atoms with Gasteiger partial charge in [-0.15, -0.1) is 0 Å². The number of phenolic OH excluding ortho intramolecular Hbond substituents is 1. The number of quaternary nitrogens is 1. The van der Waals surface area contributed by atoms with E-state index in [1.165, 1.54) is 19.1 Å². The van der Waals surface area contributed by atoms with Gasteiger partial charge in [0.2, 0.25) is 0 Å². The monoisotopic (exact) mass is 631 g/mol. The van der Waals surface area contributed by atoms with Crippen LogP contribution in [0.5, 0.6) is 5.75 Å². The summed E-state index contributed by atoms with van der Waals surface area (Å²) in [4.78, 5) is 20.8. The van der Waals surface area contributed by atoms with E-state index in [0.29, 0.717) is 16.7 Å². The number of nitro benzene ring substituents is 2. The molecule has 0 aliphatic carbocycles. The molecule has 0 aromatic heterocycles. The molecule has 3 rings (SSSR count). The number of aromatic hydroxyl groups is 1. The third-order valence-electron chi connectivity index (χ3n) is 7.40. The lowest BCUT2D eigenvalue weighted by Crippen LogP contribution is -2.46. The first kappa shape index (κ1) is 35.9. The number of aryl methyl sites for hydroxylation is 3. The maximum Gasteiger partial charge on any atom is 0.272 e. The van der Waals surface area contributed by atoms with Gasteiger partial charge in [0.15, 0.2) is 0 Å². The summed E-state index contributed by atoms with van der Waals surface area (Å²) in [5.41, 5.74) is 3.74. The highest BCUT2D eigenvalue weighted by molar-refractivity contribution is 7.85. The summed E-state index contributed by atoms with van der Waals surface area (Å²) in [6.45, 7) is 11.9. The van der Waals surface area contributed by atoms with Crippen LogP contribution in [-0.2, 0) is 10.1 Å². The smallest absolute Gasteiger partial charge is 0.272 e. The third-order valence-corrected chi connectivity index (χ3v) is 8.38.